The molecule has 0 aliphatic carbocycles. The first-order chi connectivity index (χ1) is 15.1. The van der Waals surface area contributed by atoms with E-state index in [9.17, 15) is 0 Å². The molecule has 2 heterocycles. The van der Waals surface area contributed by atoms with E-state index in [2.05, 4.69) is 123 Å². The highest BCUT2D eigenvalue weighted by Gasteiger charge is 2.18. The second-order valence-corrected chi connectivity index (χ2v) is 7.69. The SMILES string of the molecule is CC=Cc1c(C)c(C)c(C=CC)n1-c1cc(-c2ccccc2)cc(-c2ccccc2)n1. The van der Waals surface area contributed by atoms with E-state index < -0.39 is 0 Å². The maximum absolute atomic E-state index is 5.13. The third-order valence-electron chi connectivity index (χ3n) is 5.68. The van der Waals surface area contributed by atoms with Crippen LogP contribution in [0.15, 0.2) is 84.9 Å². The first kappa shape index (κ1) is 20.6. The molecule has 0 spiro atoms. The van der Waals surface area contributed by atoms with Crippen LogP contribution in [-0.4, -0.2) is 9.55 Å². The van der Waals surface area contributed by atoms with Crippen molar-refractivity contribution in [1.82, 2.24) is 9.55 Å². The van der Waals surface area contributed by atoms with Crippen molar-refractivity contribution < 1.29 is 0 Å². The normalized spacial score (nSPS) is 11.6. The van der Waals surface area contributed by atoms with Gasteiger partial charge in [-0.3, -0.25) is 4.57 Å². The van der Waals surface area contributed by atoms with Crippen molar-refractivity contribution in [3.05, 3.63) is 107 Å². The monoisotopic (exact) mass is 404 g/mol. The van der Waals surface area contributed by atoms with Crippen LogP contribution in [0.1, 0.15) is 36.4 Å². The van der Waals surface area contributed by atoms with Gasteiger partial charge in [-0.15, -0.1) is 0 Å². The molecule has 0 aliphatic rings. The molecule has 0 unspecified atom stereocenters. The van der Waals surface area contributed by atoms with Gasteiger partial charge in [0.05, 0.1) is 17.1 Å². The highest BCUT2D eigenvalue weighted by Crippen LogP contribution is 2.32. The number of hydrogen-bond donors (Lipinski definition) is 0. The lowest BCUT2D eigenvalue weighted by molar-refractivity contribution is 0.979. The number of hydrogen-bond acceptors (Lipinski definition) is 1. The van der Waals surface area contributed by atoms with Crippen LogP contribution in [0.25, 0.3) is 40.4 Å². The predicted octanol–water partition coefficient (Wildman–Crippen LogP) is 7.89. The number of nitrogens with zero attached hydrogens (tertiary/aromatic N) is 2. The Balaban J connectivity index is 2.05. The molecule has 0 bridgehead atoms. The summed E-state index contributed by atoms with van der Waals surface area (Å²) in [6.07, 6.45) is 8.54. The van der Waals surface area contributed by atoms with Crippen molar-refractivity contribution in [1.29, 1.82) is 0 Å². The second-order valence-electron chi connectivity index (χ2n) is 7.69. The molecule has 2 heteroatoms. The fraction of sp³-hybridized carbons (Fsp3) is 0.138. The molecule has 2 aromatic heterocycles. The molecule has 31 heavy (non-hydrogen) atoms. The maximum atomic E-state index is 5.13. The van der Waals surface area contributed by atoms with E-state index in [0.717, 1.165) is 22.6 Å². The standard InChI is InChI=1S/C29H28N2/c1-5-13-27-21(3)22(4)28(14-6-2)31(27)29-20-25(23-15-9-7-10-16-23)19-26(30-29)24-17-11-8-12-18-24/h5-20H,1-4H3. The fourth-order valence-corrected chi connectivity index (χ4v) is 4.00. The summed E-state index contributed by atoms with van der Waals surface area (Å²) < 4.78 is 2.28. The molecule has 4 rings (SSSR count). The number of aromatic nitrogens is 2. The minimum absolute atomic E-state index is 0.928. The first-order valence-corrected chi connectivity index (χ1v) is 10.7. The van der Waals surface area contributed by atoms with Gasteiger partial charge in [-0.25, -0.2) is 4.98 Å². The summed E-state index contributed by atoms with van der Waals surface area (Å²) in [5, 5.41) is 0. The van der Waals surface area contributed by atoms with Crippen LogP contribution in [-0.2, 0) is 0 Å². The van der Waals surface area contributed by atoms with E-state index in [-0.39, 0.29) is 0 Å². The summed E-state index contributed by atoms with van der Waals surface area (Å²) in [4.78, 5) is 5.13. The minimum atomic E-state index is 0.928. The van der Waals surface area contributed by atoms with Crippen LogP contribution < -0.4 is 0 Å². The smallest absolute Gasteiger partial charge is 0.138 e. The number of rotatable bonds is 5. The van der Waals surface area contributed by atoms with Gasteiger partial charge in [0.15, 0.2) is 0 Å². The Morgan fingerprint density at radius 1 is 0.645 bits per heavy atom. The molecule has 2 aromatic carbocycles. The molecule has 0 aliphatic heterocycles. The predicted molar refractivity (Wildman–Crippen MR) is 133 cm³/mol. The highest BCUT2D eigenvalue weighted by atomic mass is 15.1. The van der Waals surface area contributed by atoms with Crippen LogP contribution in [0.4, 0.5) is 0 Å². The molecule has 0 saturated heterocycles. The van der Waals surface area contributed by atoms with Crippen molar-refractivity contribution in [2.75, 3.05) is 0 Å². The Hall–Kier alpha value is -3.65. The zero-order valence-corrected chi connectivity index (χ0v) is 18.6. The van der Waals surface area contributed by atoms with Crippen molar-refractivity contribution in [2.45, 2.75) is 27.7 Å². The summed E-state index contributed by atoms with van der Waals surface area (Å²) in [6.45, 7) is 8.50. The highest BCUT2D eigenvalue weighted by molar-refractivity contribution is 5.74. The summed E-state index contributed by atoms with van der Waals surface area (Å²) in [7, 11) is 0. The Kier molecular flexibility index (Phi) is 5.99. The molecule has 0 amide bonds. The minimum Gasteiger partial charge on any atom is -0.294 e. The van der Waals surface area contributed by atoms with E-state index in [4.69, 9.17) is 4.98 Å². The van der Waals surface area contributed by atoms with E-state index in [1.165, 1.54) is 28.1 Å². The zero-order chi connectivity index (χ0) is 21.8. The lowest BCUT2D eigenvalue weighted by Gasteiger charge is -2.14. The Bertz CT molecular complexity index is 1150. The number of benzene rings is 2. The van der Waals surface area contributed by atoms with Crippen LogP contribution in [0.5, 0.6) is 0 Å². The van der Waals surface area contributed by atoms with Gasteiger partial charge in [-0.1, -0.05) is 72.8 Å². The second kappa shape index (κ2) is 9.01. The van der Waals surface area contributed by atoms with E-state index in [0.29, 0.717) is 0 Å². The van der Waals surface area contributed by atoms with Crippen molar-refractivity contribution >= 4 is 12.2 Å². The summed E-state index contributed by atoms with van der Waals surface area (Å²) in [5.74, 6) is 0.928. The van der Waals surface area contributed by atoms with E-state index >= 15 is 0 Å². The van der Waals surface area contributed by atoms with Gasteiger partial charge in [-0.05, 0) is 74.2 Å². The molecule has 0 fully saturated rings. The molecule has 0 N–H and O–H groups in total. The molecule has 0 atom stereocenters. The quantitative estimate of drug-likeness (QED) is 0.331. The third kappa shape index (κ3) is 4.02. The van der Waals surface area contributed by atoms with Crippen molar-refractivity contribution in [3.63, 3.8) is 0 Å². The summed E-state index contributed by atoms with van der Waals surface area (Å²) in [6, 6.07) is 25.3. The van der Waals surface area contributed by atoms with Gasteiger partial charge in [-0.2, -0.15) is 0 Å². The third-order valence-corrected chi connectivity index (χ3v) is 5.68. The summed E-state index contributed by atoms with van der Waals surface area (Å²) >= 11 is 0. The Morgan fingerprint density at radius 2 is 1.16 bits per heavy atom. The van der Waals surface area contributed by atoms with Crippen molar-refractivity contribution in [2.24, 2.45) is 0 Å². The zero-order valence-electron chi connectivity index (χ0n) is 18.6. The van der Waals surface area contributed by atoms with Crippen LogP contribution in [0, 0.1) is 13.8 Å². The molecule has 0 radical (unpaired) electrons. The molecule has 0 saturated carbocycles. The molecular weight excluding hydrogens is 376 g/mol. The largest absolute Gasteiger partial charge is 0.294 e. The lowest BCUT2D eigenvalue weighted by atomic mass is 10.0. The van der Waals surface area contributed by atoms with E-state index in [1.807, 2.05) is 6.07 Å². The van der Waals surface area contributed by atoms with E-state index in [1.54, 1.807) is 0 Å². The maximum Gasteiger partial charge on any atom is 0.138 e. The van der Waals surface area contributed by atoms with Gasteiger partial charge >= 0.3 is 0 Å². The van der Waals surface area contributed by atoms with Crippen molar-refractivity contribution in [3.8, 4) is 28.2 Å². The van der Waals surface area contributed by atoms with Crippen LogP contribution in [0.3, 0.4) is 0 Å². The van der Waals surface area contributed by atoms with Gasteiger partial charge in [0.25, 0.3) is 0 Å². The van der Waals surface area contributed by atoms with Gasteiger partial charge in [0.2, 0.25) is 0 Å². The number of allylic oxidation sites excluding steroid dienone is 2. The Labute approximate surface area is 185 Å². The van der Waals surface area contributed by atoms with Crippen LogP contribution >= 0.6 is 0 Å². The number of pyridine rings is 1. The van der Waals surface area contributed by atoms with Gasteiger partial charge in [0, 0.05) is 5.56 Å². The molecular formula is C29H28N2. The van der Waals surface area contributed by atoms with Crippen LogP contribution in [0.2, 0.25) is 0 Å². The van der Waals surface area contributed by atoms with Gasteiger partial charge < -0.3 is 0 Å². The molecule has 4 aromatic rings. The fourth-order valence-electron chi connectivity index (χ4n) is 4.00. The molecule has 2 nitrogen and oxygen atoms in total. The topological polar surface area (TPSA) is 17.8 Å². The average molecular weight is 405 g/mol. The van der Waals surface area contributed by atoms with Gasteiger partial charge in [0.1, 0.15) is 5.82 Å². The lowest BCUT2D eigenvalue weighted by Crippen LogP contribution is -2.04. The molecule has 154 valence electrons. The average Bonchev–Trinajstić information content (AvgIpc) is 3.05. The first-order valence-electron chi connectivity index (χ1n) is 10.7. The summed E-state index contributed by atoms with van der Waals surface area (Å²) in [5.41, 5.74) is 9.32. The Morgan fingerprint density at radius 3 is 1.68 bits per heavy atom.